The number of carbonyl (C=O) groups is 2. The van der Waals surface area contributed by atoms with Crippen molar-refractivity contribution in [3.8, 4) is 0 Å². The molecule has 23 heavy (non-hydrogen) atoms. The average Bonchev–Trinajstić information content (AvgIpc) is 2.59. The molecule has 0 N–H and O–H groups in total. The Morgan fingerprint density at radius 3 is 2.52 bits per heavy atom. The summed E-state index contributed by atoms with van der Waals surface area (Å²) in [6, 6.07) is 12.6. The Balaban J connectivity index is 2.10. The number of methoxy groups -OCH3 is 1. The summed E-state index contributed by atoms with van der Waals surface area (Å²) in [7, 11) is 1.25. The number of amides is 1. The first-order chi connectivity index (χ1) is 11.1. The van der Waals surface area contributed by atoms with Gasteiger partial charge in [0.1, 0.15) is 19.0 Å². The summed E-state index contributed by atoms with van der Waals surface area (Å²) in [5.41, 5.74) is 0.850. The summed E-state index contributed by atoms with van der Waals surface area (Å²) in [4.78, 5) is 29.1. The maximum Gasteiger partial charge on any atom is 0.416 e. The smallest absolute Gasteiger partial charge is 0.416 e. The Bertz CT molecular complexity index is 662. The van der Waals surface area contributed by atoms with Gasteiger partial charge in [-0.25, -0.2) is 9.78 Å². The molecule has 0 spiro atoms. The predicted molar refractivity (Wildman–Crippen MR) is 87.9 cm³/mol. The van der Waals surface area contributed by atoms with E-state index in [2.05, 4.69) is 25.7 Å². The number of halogens is 1. The van der Waals surface area contributed by atoms with Gasteiger partial charge in [0.25, 0.3) is 0 Å². The standard InChI is InChI=1S/C16H15BrN2O4/c1-22-15(20)10-19(14-8-7-13(17)9-18-14)16(21)23-11-12-5-3-2-4-6-12/h2-9H,10-11H2,1H3. The second kappa shape index (κ2) is 8.28. The third-order valence-corrected chi connectivity index (χ3v) is 3.40. The van der Waals surface area contributed by atoms with E-state index in [0.29, 0.717) is 5.82 Å². The van der Waals surface area contributed by atoms with Crippen LogP contribution in [0.2, 0.25) is 0 Å². The minimum absolute atomic E-state index is 0.105. The van der Waals surface area contributed by atoms with E-state index < -0.39 is 12.1 Å². The number of benzene rings is 1. The maximum atomic E-state index is 12.3. The first-order valence-electron chi connectivity index (χ1n) is 6.76. The Labute approximate surface area is 142 Å². The molecule has 120 valence electrons. The fourth-order valence-electron chi connectivity index (χ4n) is 1.76. The van der Waals surface area contributed by atoms with Crippen molar-refractivity contribution in [3.63, 3.8) is 0 Å². The molecule has 0 saturated heterocycles. The normalized spacial score (nSPS) is 10.0. The summed E-state index contributed by atoms with van der Waals surface area (Å²) >= 11 is 3.27. The number of hydrogen-bond donors (Lipinski definition) is 0. The minimum atomic E-state index is -0.672. The monoisotopic (exact) mass is 378 g/mol. The lowest BCUT2D eigenvalue weighted by atomic mass is 10.2. The molecule has 0 fully saturated rings. The first-order valence-corrected chi connectivity index (χ1v) is 7.56. The number of esters is 1. The van der Waals surface area contributed by atoms with Crippen molar-refractivity contribution < 1.29 is 19.1 Å². The van der Waals surface area contributed by atoms with Gasteiger partial charge in [0.2, 0.25) is 0 Å². The average molecular weight is 379 g/mol. The number of rotatable bonds is 5. The first kappa shape index (κ1) is 17.0. The van der Waals surface area contributed by atoms with E-state index in [0.717, 1.165) is 14.9 Å². The zero-order chi connectivity index (χ0) is 16.7. The molecule has 6 nitrogen and oxygen atoms in total. The second-order valence-electron chi connectivity index (χ2n) is 4.54. The molecule has 2 rings (SSSR count). The lowest BCUT2D eigenvalue weighted by Gasteiger charge is -2.20. The van der Waals surface area contributed by atoms with Crippen molar-refractivity contribution in [2.45, 2.75) is 6.61 Å². The van der Waals surface area contributed by atoms with E-state index in [-0.39, 0.29) is 13.2 Å². The molecule has 1 aromatic carbocycles. The summed E-state index contributed by atoms with van der Waals surface area (Å²) in [5.74, 6) is -0.261. The van der Waals surface area contributed by atoms with Crippen LogP contribution in [0.4, 0.5) is 10.6 Å². The summed E-state index contributed by atoms with van der Waals surface area (Å²) in [6.45, 7) is -0.174. The number of ether oxygens (including phenoxy) is 2. The minimum Gasteiger partial charge on any atom is -0.468 e. The van der Waals surface area contributed by atoms with Crippen LogP contribution in [0.25, 0.3) is 0 Å². The van der Waals surface area contributed by atoms with E-state index in [1.54, 1.807) is 12.1 Å². The largest absolute Gasteiger partial charge is 0.468 e. The highest BCUT2D eigenvalue weighted by Gasteiger charge is 2.22. The lowest BCUT2D eigenvalue weighted by Crippen LogP contribution is -2.37. The third-order valence-electron chi connectivity index (χ3n) is 2.93. The van der Waals surface area contributed by atoms with Crippen molar-refractivity contribution in [3.05, 3.63) is 58.7 Å². The molecular formula is C16H15BrN2O4. The van der Waals surface area contributed by atoms with Crippen LogP contribution in [-0.2, 0) is 20.9 Å². The zero-order valence-corrected chi connectivity index (χ0v) is 14.0. The molecule has 0 aliphatic rings. The Kier molecular flexibility index (Phi) is 6.10. The van der Waals surface area contributed by atoms with Gasteiger partial charge in [0, 0.05) is 10.7 Å². The molecule has 0 aliphatic heterocycles. The number of pyridine rings is 1. The highest BCUT2D eigenvalue weighted by atomic mass is 79.9. The van der Waals surface area contributed by atoms with Gasteiger partial charge >= 0.3 is 12.1 Å². The van der Waals surface area contributed by atoms with Crippen molar-refractivity contribution in [1.82, 2.24) is 4.98 Å². The summed E-state index contributed by atoms with van der Waals surface area (Å²) in [5, 5.41) is 0. The summed E-state index contributed by atoms with van der Waals surface area (Å²) < 4.78 is 10.6. The molecule has 0 aliphatic carbocycles. The Morgan fingerprint density at radius 1 is 1.17 bits per heavy atom. The number of carbonyl (C=O) groups excluding carboxylic acids is 2. The molecule has 0 radical (unpaired) electrons. The van der Waals surface area contributed by atoms with Gasteiger partial charge in [-0.05, 0) is 33.6 Å². The van der Waals surface area contributed by atoms with Gasteiger partial charge in [-0.15, -0.1) is 0 Å². The molecule has 1 aromatic heterocycles. The Morgan fingerprint density at radius 2 is 1.91 bits per heavy atom. The van der Waals surface area contributed by atoms with Gasteiger partial charge < -0.3 is 9.47 Å². The van der Waals surface area contributed by atoms with Crippen molar-refractivity contribution in [2.75, 3.05) is 18.6 Å². The number of aromatic nitrogens is 1. The molecule has 1 heterocycles. The van der Waals surface area contributed by atoms with E-state index in [1.165, 1.54) is 13.3 Å². The molecule has 1 amide bonds. The van der Waals surface area contributed by atoms with Crippen LogP contribution in [-0.4, -0.2) is 30.7 Å². The van der Waals surface area contributed by atoms with Gasteiger partial charge in [0.15, 0.2) is 0 Å². The molecule has 2 aromatic rings. The molecule has 0 saturated carbocycles. The van der Waals surface area contributed by atoms with Crippen LogP contribution >= 0.6 is 15.9 Å². The zero-order valence-electron chi connectivity index (χ0n) is 12.4. The van der Waals surface area contributed by atoms with Gasteiger partial charge in [-0.2, -0.15) is 0 Å². The van der Waals surface area contributed by atoms with Crippen LogP contribution in [0, 0.1) is 0 Å². The van der Waals surface area contributed by atoms with Gasteiger partial charge in [-0.1, -0.05) is 30.3 Å². The molecular weight excluding hydrogens is 364 g/mol. The van der Waals surface area contributed by atoms with Crippen LogP contribution in [0.3, 0.4) is 0 Å². The highest BCUT2D eigenvalue weighted by Crippen LogP contribution is 2.16. The third kappa shape index (κ3) is 5.07. The number of nitrogens with zero attached hydrogens (tertiary/aromatic N) is 2. The van der Waals surface area contributed by atoms with Crippen LogP contribution in [0.15, 0.2) is 53.1 Å². The SMILES string of the molecule is COC(=O)CN(C(=O)OCc1ccccc1)c1ccc(Br)cn1. The summed E-state index contributed by atoms with van der Waals surface area (Å²) in [6.07, 6.45) is 0.860. The van der Waals surface area contributed by atoms with E-state index in [9.17, 15) is 9.59 Å². The van der Waals surface area contributed by atoms with E-state index in [1.807, 2.05) is 30.3 Å². The van der Waals surface area contributed by atoms with Crippen molar-refractivity contribution in [1.29, 1.82) is 0 Å². The lowest BCUT2D eigenvalue weighted by molar-refractivity contribution is -0.138. The number of hydrogen-bond acceptors (Lipinski definition) is 5. The molecule has 7 heteroatoms. The highest BCUT2D eigenvalue weighted by molar-refractivity contribution is 9.10. The Hall–Kier alpha value is -2.41. The topological polar surface area (TPSA) is 68.7 Å². The number of anilines is 1. The quantitative estimate of drug-likeness (QED) is 0.747. The van der Waals surface area contributed by atoms with Crippen molar-refractivity contribution in [2.24, 2.45) is 0 Å². The van der Waals surface area contributed by atoms with E-state index >= 15 is 0 Å². The van der Waals surface area contributed by atoms with Gasteiger partial charge in [-0.3, -0.25) is 9.69 Å². The molecule has 0 unspecified atom stereocenters. The van der Waals surface area contributed by atoms with Crippen LogP contribution in [0.1, 0.15) is 5.56 Å². The van der Waals surface area contributed by atoms with Crippen LogP contribution < -0.4 is 4.90 Å². The maximum absolute atomic E-state index is 12.3. The van der Waals surface area contributed by atoms with Crippen molar-refractivity contribution >= 4 is 33.8 Å². The predicted octanol–water partition coefficient (Wildman–Crippen LogP) is 3.16. The molecule has 0 bridgehead atoms. The molecule has 0 atom stereocenters. The van der Waals surface area contributed by atoms with Gasteiger partial charge in [0.05, 0.1) is 7.11 Å². The fraction of sp³-hybridized carbons (Fsp3) is 0.188. The van der Waals surface area contributed by atoms with E-state index in [4.69, 9.17) is 4.74 Å². The second-order valence-corrected chi connectivity index (χ2v) is 5.45. The fourth-order valence-corrected chi connectivity index (χ4v) is 1.99. The van der Waals surface area contributed by atoms with Crippen LogP contribution in [0.5, 0.6) is 0 Å².